The molecule has 0 bridgehead atoms. The minimum atomic E-state index is 0.726. The van der Waals surface area contributed by atoms with E-state index in [9.17, 15) is 0 Å². The van der Waals surface area contributed by atoms with Crippen molar-refractivity contribution in [3.63, 3.8) is 0 Å². The van der Waals surface area contributed by atoms with Crippen molar-refractivity contribution in [3.05, 3.63) is 53.3 Å². The lowest BCUT2D eigenvalue weighted by Gasteiger charge is -2.15. The van der Waals surface area contributed by atoms with Crippen molar-refractivity contribution >= 4 is 34.0 Å². The van der Waals surface area contributed by atoms with E-state index in [0.29, 0.717) is 0 Å². The molecule has 0 unspecified atom stereocenters. The van der Waals surface area contributed by atoms with Crippen LogP contribution in [0.5, 0.6) is 0 Å². The van der Waals surface area contributed by atoms with Gasteiger partial charge < -0.3 is 15.2 Å². The first-order chi connectivity index (χ1) is 10.1. The number of benzene rings is 1. The minimum Gasteiger partial charge on any atom is -0.381 e. The Hall–Kier alpha value is -2.20. The fraction of sp³-hybridized carbons (Fsp3) is 0.188. The Kier molecular flexibility index (Phi) is 3.71. The average Bonchev–Trinajstić information content (AvgIpc) is 2.88. The Morgan fingerprint density at radius 1 is 1.29 bits per heavy atom. The van der Waals surface area contributed by atoms with Crippen LogP contribution in [-0.2, 0) is 6.54 Å². The molecule has 0 atom stereocenters. The first kappa shape index (κ1) is 13.8. The third kappa shape index (κ3) is 2.81. The van der Waals surface area contributed by atoms with Crippen molar-refractivity contribution in [2.75, 3.05) is 24.3 Å². The molecule has 0 aliphatic rings. The molecule has 3 rings (SSSR count). The quantitative estimate of drug-likeness (QED) is 0.768. The van der Waals surface area contributed by atoms with Gasteiger partial charge in [-0.1, -0.05) is 11.6 Å². The summed E-state index contributed by atoms with van der Waals surface area (Å²) < 4.78 is 0. The summed E-state index contributed by atoms with van der Waals surface area (Å²) in [6, 6.07) is 10.0. The van der Waals surface area contributed by atoms with Crippen LogP contribution in [-0.4, -0.2) is 24.1 Å². The van der Waals surface area contributed by atoms with Crippen LogP contribution in [0.4, 0.5) is 11.4 Å². The largest absolute Gasteiger partial charge is 0.381 e. The molecule has 2 N–H and O–H groups in total. The molecule has 0 aliphatic carbocycles. The van der Waals surface area contributed by atoms with Crippen LogP contribution in [0.3, 0.4) is 0 Å². The van der Waals surface area contributed by atoms with E-state index in [1.165, 1.54) is 5.56 Å². The number of nitrogens with one attached hydrogen (secondary N) is 2. The minimum absolute atomic E-state index is 0.726. The number of halogens is 1. The summed E-state index contributed by atoms with van der Waals surface area (Å²) in [5, 5.41) is 5.28. The zero-order chi connectivity index (χ0) is 14.8. The summed E-state index contributed by atoms with van der Waals surface area (Å²) in [6.07, 6.45) is 3.77. The monoisotopic (exact) mass is 300 g/mol. The summed E-state index contributed by atoms with van der Waals surface area (Å²) in [5.74, 6) is 0. The molecular weight excluding hydrogens is 284 g/mol. The van der Waals surface area contributed by atoms with Gasteiger partial charge in [-0.15, -0.1) is 0 Å². The second-order valence-corrected chi connectivity index (χ2v) is 5.53. The predicted molar refractivity (Wildman–Crippen MR) is 89.2 cm³/mol. The Balaban J connectivity index is 1.77. The third-order valence-electron chi connectivity index (χ3n) is 3.45. The predicted octanol–water partition coefficient (Wildman–Crippen LogP) is 3.89. The molecule has 0 spiro atoms. The van der Waals surface area contributed by atoms with Crippen molar-refractivity contribution in [2.24, 2.45) is 0 Å². The van der Waals surface area contributed by atoms with Crippen molar-refractivity contribution in [1.82, 2.24) is 9.97 Å². The molecule has 0 radical (unpaired) electrons. The number of aromatic amines is 1. The molecule has 2 aromatic heterocycles. The standard InChI is InChI=1S/C16H17ClN4/c1-21(2)15-6-5-12(8-14(15)17)19-9-11-10-20-16-13(11)4-3-7-18-16/h3-8,10,19H,9H2,1-2H3,(H,18,20). The normalized spacial score (nSPS) is 10.8. The lowest BCUT2D eigenvalue weighted by molar-refractivity contribution is 1.13. The van der Waals surface area contributed by atoms with Crippen LogP contribution in [0.1, 0.15) is 5.56 Å². The molecule has 21 heavy (non-hydrogen) atoms. The number of fused-ring (bicyclic) bond motifs is 1. The second-order valence-electron chi connectivity index (χ2n) is 5.13. The Morgan fingerprint density at radius 3 is 2.90 bits per heavy atom. The van der Waals surface area contributed by atoms with Crippen molar-refractivity contribution < 1.29 is 0 Å². The number of anilines is 2. The zero-order valence-corrected chi connectivity index (χ0v) is 12.8. The van der Waals surface area contributed by atoms with E-state index in [1.54, 1.807) is 6.20 Å². The average molecular weight is 301 g/mol. The van der Waals surface area contributed by atoms with Crippen LogP contribution < -0.4 is 10.2 Å². The van der Waals surface area contributed by atoms with Crippen LogP contribution in [0, 0.1) is 0 Å². The smallest absolute Gasteiger partial charge is 0.137 e. The molecule has 0 saturated heterocycles. The molecule has 0 amide bonds. The van der Waals surface area contributed by atoms with Crippen molar-refractivity contribution in [1.29, 1.82) is 0 Å². The summed E-state index contributed by atoms with van der Waals surface area (Å²) >= 11 is 6.28. The first-order valence-electron chi connectivity index (χ1n) is 6.77. The Morgan fingerprint density at radius 2 is 2.14 bits per heavy atom. The van der Waals surface area contributed by atoms with Gasteiger partial charge in [0.2, 0.25) is 0 Å². The highest BCUT2D eigenvalue weighted by Crippen LogP contribution is 2.28. The summed E-state index contributed by atoms with van der Waals surface area (Å²) in [6.45, 7) is 0.726. The molecule has 0 aliphatic heterocycles. The van der Waals surface area contributed by atoms with Gasteiger partial charge in [-0.05, 0) is 35.9 Å². The van der Waals surface area contributed by atoms with Crippen LogP contribution in [0.15, 0.2) is 42.7 Å². The summed E-state index contributed by atoms with van der Waals surface area (Å²) in [4.78, 5) is 9.47. The SMILES string of the molecule is CN(C)c1ccc(NCc2c[nH]c3ncccc23)cc1Cl. The van der Waals surface area contributed by atoms with E-state index in [1.807, 2.05) is 49.5 Å². The van der Waals surface area contributed by atoms with Gasteiger partial charge in [0.05, 0.1) is 10.7 Å². The van der Waals surface area contributed by atoms with E-state index in [-0.39, 0.29) is 0 Å². The van der Waals surface area contributed by atoms with Crippen LogP contribution >= 0.6 is 11.6 Å². The van der Waals surface area contributed by atoms with Crippen LogP contribution in [0.25, 0.3) is 11.0 Å². The van der Waals surface area contributed by atoms with Gasteiger partial charge in [0.1, 0.15) is 5.65 Å². The number of nitrogens with zero attached hydrogens (tertiary/aromatic N) is 2. The van der Waals surface area contributed by atoms with E-state index < -0.39 is 0 Å². The first-order valence-corrected chi connectivity index (χ1v) is 7.14. The van der Waals surface area contributed by atoms with E-state index in [0.717, 1.165) is 34.0 Å². The maximum absolute atomic E-state index is 6.28. The molecule has 5 heteroatoms. The lowest BCUT2D eigenvalue weighted by Crippen LogP contribution is -2.09. The molecule has 4 nitrogen and oxygen atoms in total. The molecule has 108 valence electrons. The molecule has 0 fully saturated rings. The number of aromatic nitrogens is 2. The zero-order valence-electron chi connectivity index (χ0n) is 12.0. The van der Waals surface area contributed by atoms with Gasteiger partial charge in [0.15, 0.2) is 0 Å². The van der Waals surface area contributed by atoms with Gasteiger partial charge in [-0.3, -0.25) is 0 Å². The highest BCUT2D eigenvalue weighted by Gasteiger charge is 2.06. The van der Waals surface area contributed by atoms with Gasteiger partial charge in [0.25, 0.3) is 0 Å². The Bertz CT molecular complexity index is 764. The number of pyridine rings is 1. The maximum atomic E-state index is 6.28. The summed E-state index contributed by atoms with van der Waals surface area (Å²) in [7, 11) is 3.96. The van der Waals surface area contributed by atoms with Crippen molar-refractivity contribution in [3.8, 4) is 0 Å². The fourth-order valence-electron chi connectivity index (χ4n) is 2.34. The summed E-state index contributed by atoms with van der Waals surface area (Å²) in [5.41, 5.74) is 4.11. The number of H-pyrrole nitrogens is 1. The van der Waals surface area contributed by atoms with Gasteiger partial charge >= 0.3 is 0 Å². The number of rotatable bonds is 4. The fourth-order valence-corrected chi connectivity index (χ4v) is 2.69. The van der Waals surface area contributed by atoms with E-state index in [4.69, 9.17) is 11.6 Å². The maximum Gasteiger partial charge on any atom is 0.137 e. The second kappa shape index (κ2) is 5.66. The topological polar surface area (TPSA) is 44.0 Å². The van der Waals surface area contributed by atoms with Gasteiger partial charge in [-0.25, -0.2) is 4.98 Å². The number of hydrogen-bond acceptors (Lipinski definition) is 3. The molecular formula is C16H17ClN4. The molecule has 2 heterocycles. The third-order valence-corrected chi connectivity index (χ3v) is 3.75. The lowest BCUT2D eigenvalue weighted by atomic mass is 10.2. The van der Waals surface area contributed by atoms with Gasteiger partial charge in [-0.2, -0.15) is 0 Å². The molecule has 3 aromatic rings. The molecule has 1 aromatic carbocycles. The molecule has 0 saturated carbocycles. The highest BCUT2D eigenvalue weighted by atomic mass is 35.5. The van der Waals surface area contributed by atoms with Crippen molar-refractivity contribution in [2.45, 2.75) is 6.54 Å². The van der Waals surface area contributed by atoms with Crippen LogP contribution in [0.2, 0.25) is 5.02 Å². The van der Waals surface area contributed by atoms with E-state index in [2.05, 4.69) is 21.4 Å². The highest BCUT2D eigenvalue weighted by molar-refractivity contribution is 6.33. The number of hydrogen-bond donors (Lipinski definition) is 2. The van der Waals surface area contributed by atoms with E-state index >= 15 is 0 Å². The van der Waals surface area contributed by atoms with Gasteiger partial charge in [0, 0.05) is 44.1 Å². The Labute approximate surface area is 128 Å².